The maximum absolute atomic E-state index is 13.0. The number of furan rings is 1. The van der Waals surface area contributed by atoms with Crippen molar-refractivity contribution in [1.29, 1.82) is 0 Å². The smallest absolute Gasteiger partial charge is 0.290 e. The Balaban J connectivity index is 1.33. The summed E-state index contributed by atoms with van der Waals surface area (Å²) < 4.78 is 7.42. The van der Waals surface area contributed by atoms with Gasteiger partial charge in [0, 0.05) is 30.8 Å². The Kier molecular flexibility index (Phi) is 5.28. The lowest BCUT2D eigenvalue weighted by Crippen LogP contribution is -2.43. The molecule has 1 saturated heterocycles. The fraction of sp³-hybridized carbons (Fsp3) is 0.391. The Labute approximate surface area is 180 Å². The maximum Gasteiger partial charge on any atom is 0.290 e. The summed E-state index contributed by atoms with van der Waals surface area (Å²) in [5, 5.41) is 11.8. The van der Waals surface area contributed by atoms with E-state index in [2.05, 4.69) is 20.1 Å². The van der Waals surface area contributed by atoms with Gasteiger partial charge in [0.05, 0.1) is 6.26 Å². The summed E-state index contributed by atoms with van der Waals surface area (Å²) in [6.45, 7) is 1.46. The average Bonchev–Trinajstić information content (AvgIpc) is 3.53. The molecule has 0 saturated carbocycles. The second-order valence-electron chi connectivity index (χ2n) is 8.11. The van der Waals surface area contributed by atoms with Crippen LogP contribution in [-0.4, -0.2) is 44.1 Å². The van der Waals surface area contributed by atoms with Gasteiger partial charge in [-0.3, -0.25) is 9.59 Å². The summed E-state index contributed by atoms with van der Waals surface area (Å²) in [4.78, 5) is 27.3. The standard InChI is InChI=1S/C23H25N5O3/c29-22(18-9-5-13-27(18)23(30)19-10-6-14-31-19)24-17-8-4-7-16(15-17)21-26-25-20-11-2-1-3-12-28(20)21/h4,6-8,10,14-15,18H,1-3,5,9,11-13H2,(H,24,29). The number of fused-ring (bicyclic) bond motifs is 1. The highest BCUT2D eigenvalue weighted by Crippen LogP contribution is 2.26. The van der Waals surface area contributed by atoms with Crippen LogP contribution in [0, 0.1) is 0 Å². The minimum Gasteiger partial charge on any atom is -0.459 e. The van der Waals surface area contributed by atoms with Crippen molar-refractivity contribution in [3.05, 3.63) is 54.2 Å². The van der Waals surface area contributed by atoms with Gasteiger partial charge in [0.1, 0.15) is 11.9 Å². The number of aryl methyl sites for hydroxylation is 1. The van der Waals surface area contributed by atoms with E-state index in [1.54, 1.807) is 17.0 Å². The summed E-state index contributed by atoms with van der Waals surface area (Å²) in [7, 11) is 0. The van der Waals surface area contributed by atoms with Gasteiger partial charge in [-0.1, -0.05) is 18.6 Å². The van der Waals surface area contributed by atoms with Crippen molar-refractivity contribution in [2.24, 2.45) is 0 Å². The molecule has 2 aliphatic rings. The van der Waals surface area contributed by atoms with Gasteiger partial charge in [-0.15, -0.1) is 10.2 Å². The molecule has 8 heteroatoms. The summed E-state index contributed by atoms with van der Waals surface area (Å²) in [5.74, 6) is 1.69. The highest BCUT2D eigenvalue weighted by molar-refractivity contribution is 6.00. The minimum absolute atomic E-state index is 0.186. The first-order chi connectivity index (χ1) is 15.2. The zero-order valence-electron chi connectivity index (χ0n) is 17.3. The number of benzene rings is 1. The molecular weight excluding hydrogens is 394 g/mol. The van der Waals surface area contributed by atoms with Crippen LogP contribution in [0.1, 0.15) is 48.5 Å². The van der Waals surface area contributed by atoms with Crippen molar-refractivity contribution in [1.82, 2.24) is 19.7 Å². The Bertz CT molecular complexity index is 1090. The molecule has 1 fully saturated rings. The van der Waals surface area contributed by atoms with Crippen molar-refractivity contribution in [2.75, 3.05) is 11.9 Å². The number of carbonyl (C=O) groups is 2. The topological polar surface area (TPSA) is 93.3 Å². The lowest BCUT2D eigenvalue weighted by molar-refractivity contribution is -0.119. The van der Waals surface area contributed by atoms with Crippen LogP contribution in [0.5, 0.6) is 0 Å². The Morgan fingerprint density at radius 3 is 2.84 bits per heavy atom. The van der Waals surface area contributed by atoms with Crippen LogP contribution in [0.25, 0.3) is 11.4 Å². The van der Waals surface area contributed by atoms with Crippen molar-refractivity contribution in [2.45, 2.75) is 51.1 Å². The van der Waals surface area contributed by atoms with Crippen LogP contribution in [0.15, 0.2) is 47.1 Å². The van der Waals surface area contributed by atoms with Gasteiger partial charge in [-0.05, 0) is 49.9 Å². The van der Waals surface area contributed by atoms with Crippen LogP contribution in [-0.2, 0) is 17.8 Å². The lowest BCUT2D eigenvalue weighted by atomic mass is 10.1. The predicted molar refractivity (Wildman–Crippen MR) is 114 cm³/mol. The first kappa shape index (κ1) is 19.5. The molecule has 1 aromatic carbocycles. The van der Waals surface area contributed by atoms with Crippen LogP contribution in [0.4, 0.5) is 5.69 Å². The van der Waals surface area contributed by atoms with Crippen molar-refractivity contribution >= 4 is 17.5 Å². The first-order valence-corrected chi connectivity index (χ1v) is 10.9. The normalized spacial score (nSPS) is 18.5. The van der Waals surface area contributed by atoms with Gasteiger partial charge in [0.2, 0.25) is 5.91 Å². The molecule has 5 rings (SSSR count). The largest absolute Gasteiger partial charge is 0.459 e. The molecule has 0 bridgehead atoms. The molecule has 1 unspecified atom stereocenters. The number of nitrogens with zero attached hydrogens (tertiary/aromatic N) is 4. The quantitative estimate of drug-likeness (QED) is 0.699. The SMILES string of the molecule is O=C(Nc1cccc(-c2nnc3n2CCCCC3)c1)C1CCCN1C(=O)c1ccco1. The molecule has 3 aromatic rings. The number of likely N-dealkylation sites (tertiary alicyclic amines) is 1. The Morgan fingerprint density at radius 1 is 1.03 bits per heavy atom. The molecular formula is C23H25N5O3. The second kappa shape index (κ2) is 8.37. The van der Waals surface area contributed by atoms with E-state index in [1.807, 2.05) is 24.3 Å². The molecule has 2 aliphatic heterocycles. The number of carbonyl (C=O) groups excluding carboxylic acids is 2. The second-order valence-corrected chi connectivity index (χ2v) is 8.11. The first-order valence-electron chi connectivity index (χ1n) is 10.9. The summed E-state index contributed by atoms with van der Waals surface area (Å²) >= 11 is 0. The van der Waals surface area contributed by atoms with Gasteiger partial charge in [0.25, 0.3) is 5.91 Å². The number of nitrogens with one attached hydrogen (secondary N) is 1. The fourth-order valence-electron chi connectivity index (χ4n) is 4.48. The molecule has 8 nitrogen and oxygen atoms in total. The molecule has 2 amide bonds. The van der Waals surface area contributed by atoms with Crippen molar-refractivity contribution in [3.8, 4) is 11.4 Å². The van der Waals surface area contributed by atoms with E-state index in [0.29, 0.717) is 18.7 Å². The van der Waals surface area contributed by atoms with Gasteiger partial charge in [-0.2, -0.15) is 0 Å². The van der Waals surface area contributed by atoms with Crippen LogP contribution in [0.2, 0.25) is 0 Å². The number of aromatic nitrogens is 3. The monoisotopic (exact) mass is 419 g/mol. The molecule has 160 valence electrons. The number of anilines is 1. The molecule has 2 aromatic heterocycles. The van der Waals surface area contributed by atoms with Crippen LogP contribution >= 0.6 is 0 Å². The third-order valence-electron chi connectivity index (χ3n) is 6.05. The van der Waals surface area contributed by atoms with Gasteiger partial charge in [0.15, 0.2) is 11.6 Å². The van der Waals surface area contributed by atoms with Crippen molar-refractivity contribution in [3.63, 3.8) is 0 Å². The molecule has 4 heterocycles. The number of hydrogen-bond acceptors (Lipinski definition) is 5. The Morgan fingerprint density at radius 2 is 1.97 bits per heavy atom. The van der Waals surface area contributed by atoms with E-state index >= 15 is 0 Å². The fourth-order valence-corrected chi connectivity index (χ4v) is 4.48. The highest BCUT2D eigenvalue weighted by Gasteiger charge is 2.35. The van der Waals surface area contributed by atoms with Gasteiger partial charge >= 0.3 is 0 Å². The molecule has 0 radical (unpaired) electrons. The predicted octanol–water partition coefficient (Wildman–Crippen LogP) is 3.51. The van der Waals surface area contributed by atoms with Gasteiger partial charge in [-0.25, -0.2) is 0 Å². The zero-order chi connectivity index (χ0) is 21.2. The molecule has 31 heavy (non-hydrogen) atoms. The molecule has 1 atom stereocenters. The van der Waals surface area contributed by atoms with Crippen molar-refractivity contribution < 1.29 is 14.0 Å². The van der Waals surface area contributed by atoms with E-state index in [0.717, 1.165) is 49.4 Å². The zero-order valence-corrected chi connectivity index (χ0v) is 17.3. The number of amides is 2. The highest BCUT2D eigenvalue weighted by atomic mass is 16.3. The third-order valence-corrected chi connectivity index (χ3v) is 6.05. The Hall–Kier alpha value is -3.42. The number of rotatable bonds is 4. The lowest BCUT2D eigenvalue weighted by Gasteiger charge is -2.23. The molecule has 0 aliphatic carbocycles. The van der Waals surface area contributed by atoms with E-state index in [-0.39, 0.29) is 17.6 Å². The van der Waals surface area contributed by atoms with E-state index in [9.17, 15) is 9.59 Å². The average molecular weight is 419 g/mol. The van der Waals surface area contributed by atoms with E-state index in [1.165, 1.54) is 12.7 Å². The third kappa shape index (κ3) is 3.85. The van der Waals surface area contributed by atoms with Crippen LogP contribution < -0.4 is 5.32 Å². The molecule has 0 spiro atoms. The summed E-state index contributed by atoms with van der Waals surface area (Å²) in [5.41, 5.74) is 1.61. The summed E-state index contributed by atoms with van der Waals surface area (Å²) in [6, 6.07) is 10.5. The maximum atomic E-state index is 13.0. The molecule has 1 N–H and O–H groups in total. The van der Waals surface area contributed by atoms with E-state index < -0.39 is 6.04 Å². The minimum atomic E-state index is -0.509. The van der Waals surface area contributed by atoms with E-state index in [4.69, 9.17) is 4.42 Å². The van der Waals surface area contributed by atoms with Crippen LogP contribution in [0.3, 0.4) is 0 Å². The summed E-state index contributed by atoms with van der Waals surface area (Å²) in [6.07, 6.45) is 7.30. The number of hydrogen-bond donors (Lipinski definition) is 1. The van der Waals surface area contributed by atoms with Gasteiger partial charge < -0.3 is 19.2 Å².